The molecular weight excluding hydrogens is 266 g/mol. The standard InChI is InChI=1S/C16H19N3O2/c17-9-11-2-5-19(6-3-11)16-13-8-15-14(20-10-21-15)7-12(13)1-4-18-16/h1,4,7-8,11H,2-3,5-6,9-10,17H2. The Kier molecular flexibility index (Phi) is 3.07. The van der Waals surface area contributed by atoms with Crippen LogP contribution in [0.4, 0.5) is 5.82 Å². The quantitative estimate of drug-likeness (QED) is 0.916. The molecule has 110 valence electrons. The summed E-state index contributed by atoms with van der Waals surface area (Å²) < 4.78 is 10.9. The van der Waals surface area contributed by atoms with E-state index < -0.39 is 0 Å². The molecular formula is C16H19N3O2. The average molecular weight is 285 g/mol. The SMILES string of the molecule is NCC1CCN(c2nccc3cc4c(cc23)OCO4)CC1. The molecule has 5 heteroatoms. The number of hydrogen-bond donors (Lipinski definition) is 1. The third-order valence-electron chi connectivity index (χ3n) is 4.48. The van der Waals surface area contributed by atoms with Crippen molar-refractivity contribution in [2.75, 3.05) is 31.3 Å². The number of hydrogen-bond acceptors (Lipinski definition) is 5. The molecule has 0 saturated carbocycles. The van der Waals surface area contributed by atoms with Crippen molar-refractivity contribution in [3.8, 4) is 11.5 Å². The van der Waals surface area contributed by atoms with Gasteiger partial charge in [-0.25, -0.2) is 4.98 Å². The van der Waals surface area contributed by atoms with Gasteiger partial charge in [-0.1, -0.05) is 0 Å². The number of rotatable bonds is 2. The van der Waals surface area contributed by atoms with Gasteiger partial charge in [0.1, 0.15) is 5.82 Å². The maximum absolute atomic E-state index is 5.77. The van der Waals surface area contributed by atoms with E-state index in [0.717, 1.165) is 60.6 Å². The van der Waals surface area contributed by atoms with Gasteiger partial charge in [-0.3, -0.25) is 0 Å². The second-order valence-corrected chi connectivity index (χ2v) is 5.73. The van der Waals surface area contributed by atoms with E-state index in [0.29, 0.717) is 12.7 Å². The summed E-state index contributed by atoms with van der Waals surface area (Å²) in [5.74, 6) is 3.33. The molecule has 1 aromatic carbocycles. The molecule has 2 aliphatic heterocycles. The van der Waals surface area contributed by atoms with Gasteiger partial charge >= 0.3 is 0 Å². The fourth-order valence-electron chi connectivity index (χ4n) is 3.18. The molecule has 1 fully saturated rings. The molecule has 0 spiro atoms. The Hall–Kier alpha value is -2.01. The predicted octanol–water partition coefficient (Wildman–Crippen LogP) is 2.14. The highest BCUT2D eigenvalue weighted by molar-refractivity contribution is 5.94. The highest BCUT2D eigenvalue weighted by Gasteiger charge is 2.22. The molecule has 2 aromatic rings. The van der Waals surface area contributed by atoms with Gasteiger partial charge in [-0.15, -0.1) is 0 Å². The number of aromatic nitrogens is 1. The van der Waals surface area contributed by atoms with Crippen LogP contribution in [0.2, 0.25) is 0 Å². The number of pyridine rings is 1. The second-order valence-electron chi connectivity index (χ2n) is 5.73. The number of nitrogens with two attached hydrogens (primary N) is 1. The molecule has 0 radical (unpaired) electrons. The minimum absolute atomic E-state index is 0.302. The summed E-state index contributed by atoms with van der Waals surface area (Å²) >= 11 is 0. The summed E-state index contributed by atoms with van der Waals surface area (Å²) in [5.41, 5.74) is 5.77. The van der Waals surface area contributed by atoms with E-state index in [1.165, 1.54) is 0 Å². The molecule has 4 rings (SSSR count). The Morgan fingerprint density at radius 2 is 1.95 bits per heavy atom. The zero-order valence-electron chi connectivity index (χ0n) is 11.9. The molecule has 3 heterocycles. The highest BCUT2D eigenvalue weighted by Crippen LogP contribution is 2.39. The Labute approximate surface area is 123 Å². The lowest BCUT2D eigenvalue weighted by molar-refractivity contribution is 0.174. The fraction of sp³-hybridized carbons (Fsp3) is 0.438. The van der Waals surface area contributed by atoms with Crippen LogP contribution in [0.3, 0.4) is 0 Å². The van der Waals surface area contributed by atoms with Crippen LogP contribution in [0.5, 0.6) is 11.5 Å². The lowest BCUT2D eigenvalue weighted by atomic mass is 9.97. The number of piperidine rings is 1. The average Bonchev–Trinajstić information content (AvgIpc) is 2.99. The fourth-order valence-corrected chi connectivity index (χ4v) is 3.18. The first-order valence-corrected chi connectivity index (χ1v) is 7.48. The van der Waals surface area contributed by atoms with Gasteiger partial charge in [0.25, 0.3) is 0 Å². The molecule has 0 amide bonds. The normalized spacial score (nSPS) is 18.4. The van der Waals surface area contributed by atoms with E-state index in [9.17, 15) is 0 Å². The number of nitrogens with zero attached hydrogens (tertiary/aromatic N) is 2. The van der Waals surface area contributed by atoms with Crippen LogP contribution in [0.1, 0.15) is 12.8 Å². The van der Waals surface area contributed by atoms with Crippen LogP contribution < -0.4 is 20.1 Å². The summed E-state index contributed by atoms with van der Waals surface area (Å²) in [6, 6.07) is 6.11. The Bertz CT molecular complexity index is 666. The zero-order chi connectivity index (χ0) is 14.2. The van der Waals surface area contributed by atoms with Gasteiger partial charge in [0.05, 0.1) is 0 Å². The van der Waals surface area contributed by atoms with Crippen molar-refractivity contribution in [3.63, 3.8) is 0 Å². The topological polar surface area (TPSA) is 60.6 Å². The summed E-state index contributed by atoms with van der Waals surface area (Å²) in [7, 11) is 0. The Balaban J connectivity index is 1.72. The van der Waals surface area contributed by atoms with E-state index in [-0.39, 0.29) is 0 Å². The number of fused-ring (bicyclic) bond motifs is 2. The number of anilines is 1. The zero-order valence-corrected chi connectivity index (χ0v) is 11.9. The van der Waals surface area contributed by atoms with Crippen LogP contribution in [-0.2, 0) is 0 Å². The number of ether oxygens (including phenoxy) is 2. The molecule has 0 bridgehead atoms. The molecule has 0 aliphatic carbocycles. The molecule has 5 nitrogen and oxygen atoms in total. The van der Waals surface area contributed by atoms with Gasteiger partial charge in [0.2, 0.25) is 6.79 Å². The van der Waals surface area contributed by atoms with Crippen LogP contribution in [-0.4, -0.2) is 31.4 Å². The van der Waals surface area contributed by atoms with Crippen molar-refractivity contribution in [1.82, 2.24) is 4.98 Å². The minimum Gasteiger partial charge on any atom is -0.454 e. The third kappa shape index (κ3) is 2.17. The first-order valence-electron chi connectivity index (χ1n) is 7.48. The molecule has 21 heavy (non-hydrogen) atoms. The van der Waals surface area contributed by atoms with Crippen LogP contribution >= 0.6 is 0 Å². The van der Waals surface area contributed by atoms with Gasteiger partial charge < -0.3 is 20.1 Å². The van der Waals surface area contributed by atoms with E-state index in [1.807, 2.05) is 18.3 Å². The molecule has 1 aromatic heterocycles. The van der Waals surface area contributed by atoms with E-state index in [1.54, 1.807) is 0 Å². The molecule has 2 N–H and O–H groups in total. The van der Waals surface area contributed by atoms with Gasteiger partial charge in [0.15, 0.2) is 11.5 Å². The summed E-state index contributed by atoms with van der Waals surface area (Å²) in [5, 5.41) is 2.28. The Morgan fingerprint density at radius 3 is 2.71 bits per heavy atom. The lowest BCUT2D eigenvalue weighted by Gasteiger charge is -2.32. The van der Waals surface area contributed by atoms with Crippen LogP contribution in [0.15, 0.2) is 24.4 Å². The van der Waals surface area contributed by atoms with E-state index >= 15 is 0 Å². The van der Waals surface area contributed by atoms with E-state index in [4.69, 9.17) is 15.2 Å². The largest absolute Gasteiger partial charge is 0.454 e. The summed E-state index contributed by atoms with van der Waals surface area (Å²) in [6.45, 7) is 3.12. The monoisotopic (exact) mass is 285 g/mol. The molecule has 0 atom stereocenters. The summed E-state index contributed by atoms with van der Waals surface area (Å²) in [6.07, 6.45) is 4.15. The predicted molar refractivity (Wildman–Crippen MR) is 81.9 cm³/mol. The lowest BCUT2D eigenvalue weighted by Crippen LogP contribution is -2.36. The first kappa shape index (κ1) is 12.7. The molecule has 1 saturated heterocycles. The van der Waals surface area contributed by atoms with Crippen LogP contribution in [0.25, 0.3) is 10.8 Å². The van der Waals surface area contributed by atoms with Crippen molar-refractivity contribution >= 4 is 16.6 Å². The van der Waals surface area contributed by atoms with Gasteiger partial charge in [-0.2, -0.15) is 0 Å². The highest BCUT2D eigenvalue weighted by atomic mass is 16.7. The second kappa shape index (κ2) is 5.07. The minimum atomic E-state index is 0.302. The maximum atomic E-state index is 5.77. The van der Waals surface area contributed by atoms with Crippen molar-refractivity contribution in [2.24, 2.45) is 11.7 Å². The van der Waals surface area contributed by atoms with Crippen molar-refractivity contribution < 1.29 is 9.47 Å². The van der Waals surface area contributed by atoms with E-state index in [2.05, 4.69) is 16.0 Å². The van der Waals surface area contributed by atoms with Gasteiger partial charge in [0, 0.05) is 24.7 Å². The van der Waals surface area contributed by atoms with Gasteiger partial charge in [-0.05, 0) is 48.9 Å². The maximum Gasteiger partial charge on any atom is 0.231 e. The molecule has 0 unspecified atom stereocenters. The Morgan fingerprint density at radius 1 is 1.19 bits per heavy atom. The smallest absolute Gasteiger partial charge is 0.231 e. The van der Waals surface area contributed by atoms with Crippen molar-refractivity contribution in [3.05, 3.63) is 24.4 Å². The number of benzene rings is 1. The van der Waals surface area contributed by atoms with Crippen LogP contribution in [0, 0.1) is 5.92 Å². The summed E-state index contributed by atoms with van der Waals surface area (Å²) in [4.78, 5) is 6.96. The first-order chi connectivity index (χ1) is 10.3. The third-order valence-corrected chi connectivity index (χ3v) is 4.48. The molecule has 2 aliphatic rings. The van der Waals surface area contributed by atoms with Crippen molar-refractivity contribution in [2.45, 2.75) is 12.8 Å². The van der Waals surface area contributed by atoms with Crippen molar-refractivity contribution in [1.29, 1.82) is 0 Å².